The third-order valence-electron chi connectivity index (χ3n) is 1.12. The lowest BCUT2D eigenvalue weighted by Crippen LogP contribution is -2.29. The van der Waals surface area contributed by atoms with Gasteiger partial charge < -0.3 is 10.4 Å². The minimum atomic E-state index is -0.852. The van der Waals surface area contributed by atoms with Gasteiger partial charge in [0.05, 0.1) is 0 Å². The van der Waals surface area contributed by atoms with E-state index in [4.69, 9.17) is 5.11 Å². The second kappa shape index (κ2) is 5.53. The molecule has 62 valence electrons. The van der Waals surface area contributed by atoms with Crippen LogP contribution in [0.1, 0.15) is 13.8 Å². The van der Waals surface area contributed by atoms with E-state index in [-0.39, 0.29) is 0 Å². The lowest BCUT2D eigenvalue weighted by Gasteiger charge is -2.03. The first-order chi connectivity index (χ1) is 5.18. The fraction of sp³-hybridized carbons (Fsp3) is 0.375. The highest BCUT2D eigenvalue weighted by atomic mass is 16.4. The van der Waals surface area contributed by atoms with Gasteiger partial charge >= 0.3 is 5.97 Å². The molecule has 0 saturated heterocycles. The van der Waals surface area contributed by atoms with Crippen LogP contribution in [0.3, 0.4) is 0 Å². The van der Waals surface area contributed by atoms with E-state index in [0.29, 0.717) is 0 Å². The quantitative estimate of drug-likeness (QED) is 0.598. The summed E-state index contributed by atoms with van der Waals surface area (Å²) in [6.07, 6.45) is 7.05. The van der Waals surface area contributed by atoms with E-state index < -0.39 is 12.0 Å². The van der Waals surface area contributed by atoms with Gasteiger partial charge in [-0.15, -0.1) is 0 Å². The Hall–Kier alpha value is -1.25. The van der Waals surface area contributed by atoms with Crippen molar-refractivity contribution in [1.82, 2.24) is 5.32 Å². The topological polar surface area (TPSA) is 49.3 Å². The van der Waals surface area contributed by atoms with Crippen molar-refractivity contribution in [3.63, 3.8) is 0 Å². The first kappa shape index (κ1) is 9.75. The summed E-state index contributed by atoms with van der Waals surface area (Å²) in [5.41, 5.74) is 0. The van der Waals surface area contributed by atoms with E-state index in [1.807, 2.05) is 19.1 Å². The van der Waals surface area contributed by atoms with Crippen LogP contribution in [0.5, 0.6) is 0 Å². The third kappa shape index (κ3) is 5.21. The van der Waals surface area contributed by atoms with Crippen molar-refractivity contribution in [2.24, 2.45) is 0 Å². The summed E-state index contributed by atoms with van der Waals surface area (Å²) >= 11 is 0. The molecule has 0 aliphatic rings. The maximum Gasteiger partial charge on any atom is 0.325 e. The molecule has 0 aromatic carbocycles. The number of carboxylic acids is 1. The van der Waals surface area contributed by atoms with Gasteiger partial charge in [0.25, 0.3) is 0 Å². The molecule has 11 heavy (non-hydrogen) atoms. The molecule has 0 radical (unpaired) electrons. The van der Waals surface area contributed by atoms with E-state index in [0.717, 1.165) is 0 Å². The lowest BCUT2D eigenvalue weighted by atomic mass is 10.3. The number of carbonyl (C=O) groups is 1. The van der Waals surface area contributed by atoms with Crippen LogP contribution in [0.25, 0.3) is 0 Å². The Bertz CT molecular complexity index is 173. The van der Waals surface area contributed by atoms with Crippen molar-refractivity contribution in [3.05, 3.63) is 24.4 Å². The molecular formula is C8H13NO2. The van der Waals surface area contributed by atoms with Crippen molar-refractivity contribution < 1.29 is 9.90 Å². The molecule has 0 aromatic rings. The van der Waals surface area contributed by atoms with Crippen LogP contribution in [0.4, 0.5) is 0 Å². The molecule has 0 fully saturated rings. The first-order valence-corrected chi connectivity index (χ1v) is 3.45. The van der Waals surface area contributed by atoms with Crippen molar-refractivity contribution in [2.75, 3.05) is 0 Å². The van der Waals surface area contributed by atoms with Gasteiger partial charge in [0.2, 0.25) is 0 Å². The highest BCUT2D eigenvalue weighted by molar-refractivity contribution is 5.72. The Morgan fingerprint density at radius 1 is 1.55 bits per heavy atom. The largest absolute Gasteiger partial charge is 0.480 e. The smallest absolute Gasteiger partial charge is 0.325 e. The van der Waals surface area contributed by atoms with Crippen molar-refractivity contribution in [2.45, 2.75) is 19.9 Å². The summed E-state index contributed by atoms with van der Waals surface area (Å²) in [4.78, 5) is 10.2. The molecule has 2 N–H and O–H groups in total. The van der Waals surface area contributed by atoms with Crippen LogP contribution in [0, 0.1) is 0 Å². The maximum atomic E-state index is 10.2. The molecular weight excluding hydrogens is 142 g/mol. The lowest BCUT2D eigenvalue weighted by molar-refractivity contribution is -0.138. The van der Waals surface area contributed by atoms with Crippen LogP contribution in [0.2, 0.25) is 0 Å². The predicted molar refractivity (Wildman–Crippen MR) is 44.2 cm³/mol. The molecule has 0 spiro atoms. The van der Waals surface area contributed by atoms with Crippen LogP contribution < -0.4 is 5.32 Å². The highest BCUT2D eigenvalue weighted by Crippen LogP contribution is 1.81. The summed E-state index contributed by atoms with van der Waals surface area (Å²) < 4.78 is 0. The molecule has 0 rings (SSSR count). The fourth-order valence-electron chi connectivity index (χ4n) is 0.438. The Labute approximate surface area is 66.4 Å². The molecule has 0 aliphatic heterocycles. The van der Waals surface area contributed by atoms with Crippen LogP contribution in [0.15, 0.2) is 24.4 Å². The average Bonchev–Trinajstić information content (AvgIpc) is 1.97. The summed E-state index contributed by atoms with van der Waals surface area (Å²) in [5.74, 6) is -0.852. The minimum absolute atomic E-state index is 0.531. The van der Waals surface area contributed by atoms with E-state index in [2.05, 4.69) is 5.32 Å². The number of rotatable bonds is 4. The van der Waals surface area contributed by atoms with Crippen molar-refractivity contribution in [1.29, 1.82) is 0 Å². The first-order valence-electron chi connectivity index (χ1n) is 3.45. The number of aliphatic carboxylic acids is 1. The predicted octanol–water partition coefficient (Wildman–Crippen LogP) is 1.14. The molecule has 0 heterocycles. The van der Waals surface area contributed by atoms with E-state index >= 15 is 0 Å². The summed E-state index contributed by atoms with van der Waals surface area (Å²) in [6, 6.07) is -0.531. The van der Waals surface area contributed by atoms with Crippen LogP contribution >= 0.6 is 0 Å². The Balaban J connectivity index is 3.61. The molecule has 0 aromatic heterocycles. The van der Waals surface area contributed by atoms with Gasteiger partial charge in [0.1, 0.15) is 6.04 Å². The Morgan fingerprint density at radius 3 is 2.64 bits per heavy atom. The molecule has 3 nitrogen and oxygen atoms in total. The molecule has 0 unspecified atom stereocenters. The summed E-state index contributed by atoms with van der Waals surface area (Å²) in [5, 5.41) is 11.1. The normalized spacial score (nSPS) is 14.0. The van der Waals surface area contributed by atoms with Gasteiger partial charge in [-0.25, -0.2) is 0 Å². The molecule has 0 amide bonds. The van der Waals surface area contributed by atoms with E-state index in [1.165, 1.54) is 0 Å². The number of hydrogen-bond donors (Lipinski definition) is 2. The molecule has 0 saturated carbocycles. The number of nitrogens with one attached hydrogen (secondary N) is 1. The standard InChI is InChI=1S/C8H13NO2/c1-3-4-5-6-9-7(2)8(10)11/h3-7,9H,1-2H3,(H,10,11)/b4-3+,6-5-/t7-/m0/s1. The number of hydrogen-bond acceptors (Lipinski definition) is 2. The molecule has 1 atom stereocenters. The summed E-state index contributed by atoms with van der Waals surface area (Å²) in [7, 11) is 0. The van der Waals surface area contributed by atoms with Crippen molar-refractivity contribution in [3.8, 4) is 0 Å². The van der Waals surface area contributed by atoms with Gasteiger partial charge in [-0.05, 0) is 26.1 Å². The van der Waals surface area contributed by atoms with Crippen LogP contribution in [-0.4, -0.2) is 17.1 Å². The number of allylic oxidation sites excluding steroid dienone is 3. The maximum absolute atomic E-state index is 10.2. The molecule has 0 bridgehead atoms. The van der Waals surface area contributed by atoms with Gasteiger partial charge in [0, 0.05) is 0 Å². The Kier molecular flexibility index (Phi) is 4.90. The molecule has 0 aliphatic carbocycles. The SMILES string of the molecule is C/C=C/C=C\N[C@@H](C)C(=O)O. The van der Waals surface area contributed by atoms with Crippen molar-refractivity contribution >= 4 is 5.97 Å². The monoisotopic (exact) mass is 155 g/mol. The Morgan fingerprint density at radius 2 is 2.18 bits per heavy atom. The highest BCUT2D eigenvalue weighted by Gasteiger charge is 2.05. The minimum Gasteiger partial charge on any atom is -0.480 e. The average molecular weight is 155 g/mol. The summed E-state index contributed by atoms with van der Waals surface area (Å²) in [6.45, 7) is 3.48. The number of carboxylic acid groups (broad SMARTS) is 1. The van der Waals surface area contributed by atoms with Crippen LogP contribution in [-0.2, 0) is 4.79 Å². The second-order valence-electron chi connectivity index (χ2n) is 2.11. The zero-order valence-electron chi connectivity index (χ0n) is 6.74. The fourth-order valence-corrected chi connectivity index (χ4v) is 0.438. The third-order valence-corrected chi connectivity index (χ3v) is 1.12. The molecule has 3 heteroatoms. The van der Waals surface area contributed by atoms with Gasteiger partial charge in [-0.1, -0.05) is 12.2 Å². The second-order valence-corrected chi connectivity index (χ2v) is 2.11. The van der Waals surface area contributed by atoms with E-state index in [1.54, 1.807) is 19.2 Å². The van der Waals surface area contributed by atoms with Gasteiger partial charge in [-0.2, -0.15) is 0 Å². The zero-order valence-corrected chi connectivity index (χ0v) is 6.74. The van der Waals surface area contributed by atoms with Gasteiger partial charge in [0.15, 0.2) is 0 Å². The van der Waals surface area contributed by atoms with Gasteiger partial charge in [-0.3, -0.25) is 4.79 Å². The zero-order chi connectivity index (χ0) is 8.69. The van der Waals surface area contributed by atoms with E-state index in [9.17, 15) is 4.79 Å².